The Labute approximate surface area is 124 Å². The standard InChI is InChI=1S/C12H21N3O4.ClH/c16-11(15-4-7-18-8-5-15)1-2-14-12(17)10-9-19-6-3-13-10;/h10,13H,1-9H2,(H,14,17);1H. The number of amides is 2. The number of hydrogen-bond acceptors (Lipinski definition) is 5. The number of hydrogen-bond donors (Lipinski definition) is 2. The molecule has 116 valence electrons. The van der Waals surface area contributed by atoms with Gasteiger partial charge in [0.25, 0.3) is 0 Å². The Bertz CT molecular complexity index is 288. The minimum absolute atomic E-state index is 0. The summed E-state index contributed by atoms with van der Waals surface area (Å²) in [7, 11) is 0. The van der Waals surface area contributed by atoms with Crippen molar-refractivity contribution >= 4 is 24.2 Å². The highest BCUT2D eigenvalue weighted by atomic mass is 35.5. The summed E-state index contributed by atoms with van der Waals surface area (Å²) in [6.07, 6.45) is 0.333. The van der Waals surface area contributed by atoms with Gasteiger partial charge in [-0.05, 0) is 0 Å². The number of nitrogens with zero attached hydrogens (tertiary/aromatic N) is 1. The molecule has 2 saturated heterocycles. The second-order valence-corrected chi connectivity index (χ2v) is 4.62. The molecule has 0 aromatic heterocycles. The smallest absolute Gasteiger partial charge is 0.239 e. The summed E-state index contributed by atoms with van der Waals surface area (Å²) in [5.74, 6) is -0.0362. The first-order valence-electron chi connectivity index (χ1n) is 6.72. The van der Waals surface area contributed by atoms with E-state index in [9.17, 15) is 9.59 Å². The second-order valence-electron chi connectivity index (χ2n) is 4.62. The van der Waals surface area contributed by atoms with Crippen molar-refractivity contribution in [2.45, 2.75) is 12.5 Å². The number of nitrogens with one attached hydrogen (secondary N) is 2. The molecule has 0 radical (unpaired) electrons. The van der Waals surface area contributed by atoms with E-state index in [-0.39, 0.29) is 30.3 Å². The Balaban J connectivity index is 0.00000200. The predicted octanol–water partition coefficient (Wildman–Crippen LogP) is -1.24. The van der Waals surface area contributed by atoms with E-state index in [1.807, 2.05) is 0 Å². The van der Waals surface area contributed by atoms with Crippen molar-refractivity contribution in [2.75, 3.05) is 52.6 Å². The molecule has 2 aliphatic heterocycles. The van der Waals surface area contributed by atoms with Crippen LogP contribution in [0.4, 0.5) is 0 Å². The molecule has 7 nitrogen and oxygen atoms in total. The third kappa shape index (κ3) is 5.24. The van der Waals surface area contributed by atoms with Crippen LogP contribution in [0.1, 0.15) is 6.42 Å². The first-order chi connectivity index (χ1) is 9.27. The lowest BCUT2D eigenvalue weighted by Crippen LogP contribution is -2.51. The van der Waals surface area contributed by atoms with Crippen LogP contribution in [0.3, 0.4) is 0 Å². The molecular formula is C12H22ClN3O4. The van der Waals surface area contributed by atoms with E-state index in [1.54, 1.807) is 4.90 Å². The number of carbonyl (C=O) groups is 2. The molecule has 0 bridgehead atoms. The third-order valence-corrected chi connectivity index (χ3v) is 3.24. The summed E-state index contributed by atoms with van der Waals surface area (Å²) in [6.45, 7) is 4.57. The number of morpholine rings is 2. The van der Waals surface area contributed by atoms with Gasteiger partial charge < -0.3 is 25.0 Å². The summed E-state index contributed by atoms with van der Waals surface area (Å²) in [5.41, 5.74) is 0. The van der Waals surface area contributed by atoms with Gasteiger partial charge in [-0.15, -0.1) is 12.4 Å². The van der Waals surface area contributed by atoms with Gasteiger partial charge in [0.2, 0.25) is 11.8 Å². The highest BCUT2D eigenvalue weighted by Crippen LogP contribution is 2.00. The SMILES string of the molecule is Cl.O=C(NCCC(=O)N1CCOCC1)C1COCCN1. The van der Waals surface area contributed by atoms with Crippen molar-refractivity contribution in [3.05, 3.63) is 0 Å². The molecule has 1 atom stereocenters. The molecule has 2 amide bonds. The van der Waals surface area contributed by atoms with Crippen LogP contribution in [0.25, 0.3) is 0 Å². The van der Waals surface area contributed by atoms with Crippen molar-refractivity contribution in [2.24, 2.45) is 0 Å². The Hall–Kier alpha value is -0.890. The lowest BCUT2D eigenvalue weighted by atomic mass is 10.2. The zero-order valence-electron chi connectivity index (χ0n) is 11.4. The van der Waals surface area contributed by atoms with Crippen LogP contribution >= 0.6 is 12.4 Å². The molecule has 20 heavy (non-hydrogen) atoms. The van der Waals surface area contributed by atoms with E-state index in [2.05, 4.69) is 10.6 Å². The van der Waals surface area contributed by atoms with Crippen LogP contribution < -0.4 is 10.6 Å². The molecule has 2 aliphatic rings. The molecule has 2 fully saturated rings. The summed E-state index contributed by atoms with van der Waals surface area (Å²) in [5, 5.41) is 5.83. The average molecular weight is 308 g/mol. The summed E-state index contributed by atoms with van der Waals surface area (Å²) < 4.78 is 10.4. The maximum absolute atomic E-state index is 11.8. The molecule has 2 rings (SSSR count). The van der Waals surface area contributed by atoms with Gasteiger partial charge in [0.1, 0.15) is 6.04 Å². The average Bonchev–Trinajstić information content (AvgIpc) is 2.49. The Kier molecular flexibility index (Phi) is 7.83. The van der Waals surface area contributed by atoms with Crippen LogP contribution in [0.5, 0.6) is 0 Å². The van der Waals surface area contributed by atoms with Crippen molar-refractivity contribution in [1.82, 2.24) is 15.5 Å². The molecule has 0 aromatic carbocycles. The molecule has 2 heterocycles. The van der Waals surface area contributed by atoms with E-state index in [1.165, 1.54) is 0 Å². The lowest BCUT2D eigenvalue weighted by Gasteiger charge is -2.27. The van der Waals surface area contributed by atoms with Gasteiger partial charge in [0.05, 0.1) is 26.4 Å². The van der Waals surface area contributed by atoms with E-state index < -0.39 is 0 Å². The van der Waals surface area contributed by atoms with Gasteiger partial charge in [-0.1, -0.05) is 0 Å². The van der Waals surface area contributed by atoms with Crippen molar-refractivity contribution in [1.29, 1.82) is 0 Å². The lowest BCUT2D eigenvalue weighted by molar-refractivity contribution is -0.135. The van der Waals surface area contributed by atoms with Gasteiger partial charge >= 0.3 is 0 Å². The fourth-order valence-corrected chi connectivity index (χ4v) is 2.12. The highest BCUT2D eigenvalue weighted by Gasteiger charge is 2.21. The normalized spacial score (nSPS) is 22.8. The summed E-state index contributed by atoms with van der Waals surface area (Å²) >= 11 is 0. The molecule has 0 aromatic rings. The third-order valence-electron chi connectivity index (χ3n) is 3.24. The predicted molar refractivity (Wildman–Crippen MR) is 74.9 cm³/mol. The van der Waals surface area contributed by atoms with E-state index in [0.29, 0.717) is 59.0 Å². The minimum atomic E-state index is -0.299. The number of halogens is 1. The van der Waals surface area contributed by atoms with Crippen molar-refractivity contribution in [3.63, 3.8) is 0 Å². The van der Waals surface area contributed by atoms with E-state index in [4.69, 9.17) is 9.47 Å². The molecule has 0 saturated carbocycles. The fourth-order valence-electron chi connectivity index (χ4n) is 2.12. The van der Waals surface area contributed by atoms with Crippen molar-refractivity contribution in [3.8, 4) is 0 Å². The molecule has 8 heteroatoms. The molecule has 0 aliphatic carbocycles. The topological polar surface area (TPSA) is 79.9 Å². The first kappa shape index (κ1) is 17.2. The fraction of sp³-hybridized carbons (Fsp3) is 0.833. The Morgan fingerprint density at radius 2 is 1.95 bits per heavy atom. The van der Waals surface area contributed by atoms with Gasteiger partial charge in [-0.2, -0.15) is 0 Å². The summed E-state index contributed by atoms with van der Waals surface area (Å²) in [6, 6.07) is -0.299. The Morgan fingerprint density at radius 3 is 2.60 bits per heavy atom. The van der Waals surface area contributed by atoms with Crippen molar-refractivity contribution < 1.29 is 19.1 Å². The quantitative estimate of drug-likeness (QED) is 0.679. The highest BCUT2D eigenvalue weighted by molar-refractivity contribution is 5.85. The number of carbonyl (C=O) groups excluding carboxylic acids is 2. The van der Waals surface area contributed by atoms with Crippen LogP contribution in [0.15, 0.2) is 0 Å². The zero-order chi connectivity index (χ0) is 13.5. The Morgan fingerprint density at radius 1 is 1.20 bits per heavy atom. The largest absolute Gasteiger partial charge is 0.378 e. The zero-order valence-corrected chi connectivity index (χ0v) is 12.2. The monoisotopic (exact) mass is 307 g/mol. The van der Waals surface area contributed by atoms with Gasteiger partial charge in [-0.25, -0.2) is 0 Å². The number of rotatable bonds is 4. The van der Waals surface area contributed by atoms with Gasteiger partial charge in [0.15, 0.2) is 0 Å². The maximum atomic E-state index is 11.8. The molecular weight excluding hydrogens is 286 g/mol. The van der Waals surface area contributed by atoms with E-state index >= 15 is 0 Å². The molecule has 2 N–H and O–H groups in total. The summed E-state index contributed by atoms with van der Waals surface area (Å²) in [4.78, 5) is 25.4. The van der Waals surface area contributed by atoms with Gasteiger partial charge in [-0.3, -0.25) is 9.59 Å². The van der Waals surface area contributed by atoms with Crippen LogP contribution in [-0.4, -0.2) is 75.4 Å². The van der Waals surface area contributed by atoms with E-state index in [0.717, 1.165) is 0 Å². The van der Waals surface area contributed by atoms with Crippen LogP contribution in [0.2, 0.25) is 0 Å². The molecule has 1 unspecified atom stereocenters. The second kappa shape index (κ2) is 9.12. The number of ether oxygens (including phenoxy) is 2. The minimum Gasteiger partial charge on any atom is -0.378 e. The maximum Gasteiger partial charge on any atom is 0.239 e. The van der Waals surface area contributed by atoms with Gasteiger partial charge in [0, 0.05) is 32.6 Å². The molecule has 0 spiro atoms. The first-order valence-corrected chi connectivity index (χ1v) is 6.72. The van der Waals surface area contributed by atoms with Crippen LogP contribution in [0, 0.1) is 0 Å². The van der Waals surface area contributed by atoms with Crippen LogP contribution in [-0.2, 0) is 19.1 Å².